The second-order valence-electron chi connectivity index (χ2n) is 6.62. The Morgan fingerprint density at radius 1 is 1.41 bits per heavy atom. The average Bonchev–Trinajstić information content (AvgIpc) is 3.27. The molecule has 4 rings (SSSR count). The van der Waals surface area contributed by atoms with Gasteiger partial charge in [-0.25, -0.2) is 4.79 Å². The summed E-state index contributed by atoms with van der Waals surface area (Å²) in [7, 11) is 0. The smallest absolute Gasteiger partial charge is 0.317 e. The van der Waals surface area contributed by atoms with Crippen LogP contribution < -0.4 is 5.32 Å². The van der Waals surface area contributed by atoms with Gasteiger partial charge in [0.05, 0.1) is 6.54 Å². The fraction of sp³-hybridized carbons (Fsp3) is 0.368. The fourth-order valence-corrected chi connectivity index (χ4v) is 3.72. The average molecular weight is 383 g/mol. The maximum Gasteiger partial charge on any atom is 0.317 e. The number of urea groups is 1. The number of aryl methyl sites for hydroxylation is 1. The molecule has 140 valence electrons. The molecule has 0 aliphatic heterocycles. The molecule has 0 radical (unpaired) electrons. The predicted octanol–water partition coefficient (Wildman–Crippen LogP) is 3.42. The van der Waals surface area contributed by atoms with Crippen molar-refractivity contribution in [3.63, 3.8) is 0 Å². The number of carbonyl (C=O) groups is 1. The maximum absolute atomic E-state index is 12.6. The molecule has 3 aromatic heterocycles. The Bertz CT molecular complexity index is 904. The Morgan fingerprint density at radius 2 is 2.30 bits per heavy atom. The van der Waals surface area contributed by atoms with Crippen LogP contribution in [0.5, 0.6) is 0 Å². The molecule has 0 aromatic carbocycles. The molecule has 1 fully saturated rings. The molecule has 0 spiro atoms. The van der Waals surface area contributed by atoms with E-state index in [1.54, 1.807) is 23.7 Å². The summed E-state index contributed by atoms with van der Waals surface area (Å²) >= 11 is 1.70. The third kappa shape index (κ3) is 4.33. The monoisotopic (exact) mass is 383 g/mol. The number of nitrogens with zero attached hydrogens (tertiary/aromatic N) is 4. The summed E-state index contributed by atoms with van der Waals surface area (Å²) in [5, 5.41) is 9.03. The summed E-state index contributed by atoms with van der Waals surface area (Å²) in [5.74, 6) is 1.01. The van der Waals surface area contributed by atoms with Crippen LogP contribution in [0, 0.1) is 6.92 Å². The Balaban J connectivity index is 1.31. The highest BCUT2D eigenvalue weighted by Gasteiger charge is 2.33. The molecule has 0 saturated heterocycles. The summed E-state index contributed by atoms with van der Waals surface area (Å²) in [6.07, 6.45) is 6.04. The van der Waals surface area contributed by atoms with Gasteiger partial charge >= 0.3 is 6.03 Å². The highest BCUT2D eigenvalue weighted by molar-refractivity contribution is 7.10. The van der Waals surface area contributed by atoms with Crippen LogP contribution in [0.1, 0.15) is 29.2 Å². The summed E-state index contributed by atoms with van der Waals surface area (Å²) in [6, 6.07) is 6.12. The normalized spacial score (nSPS) is 13.5. The molecule has 3 aromatic rings. The van der Waals surface area contributed by atoms with E-state index in [4.69, 9.17) is 4.52 Å². The number of hydrogen-bond donors (Lipinski definition) is 1. The van der Waals surface area contributed by atoms with E-state index in [0.29, 0.717) is 37.3 Å². The number of aromatic nitrogens is 3. The Morgan fingerprint density at radius 3 is 3.00 bits per heavy atom. The van der Waals surface area contributed by atoms with Gasteiger partial charge in [0.25, 0.3) is 0 Å². The molecule has 1 N–H and O–H groups in total. The molecule has 2 amide bonds. The molecule has 1 saturated carbocycles. The van der Waals surface area contributed by atoms with Crippen molar-refractivity contribution < 1.29 is 9.32 Å². The third-order valence-corrected chi connectivity index (χ3v) is 5.54. The number of nitrogens with one attached hydrogen (secondary N) is 1. The SMILES string of the molecule is Cc1ccsc1CN(C(=O)NCCc1nc(-c2cccnc2)no1)C1CC1. The highest BCUT2D eigenvalue weighted by Crippen LogP contribution is 2.30. The Labute approximate surface area is 161 Å². The first-order valence-corrected chi connectivity index (χ1v) is 9.89. The lowest BCUT2D eigenvalue weighted by molar-refractivity contribution is 0.192. The van der Waals surface area contributed by atoms with Crippen LogP contribution in [0.2, 0.25) is 0 Å². The third-order valence-electron chi connectivity index (χ3n) is 4.53. The van der Waals surface area contributed by atoms with Gasteiger partial charge in [0.15, 0.2) is 0 Å². The predicted molar refractivity (Wildman–Crippen MR) is 102 cm³/mol. The van der Waals surface area contributed by atoms with Crippen LogP contribution in [0.3, 0.4) is 0 Å². The number of carbonyl (C=O) groups excluding carboxylic acids is 1. The van der Waals surface area contributed by atoms with Gasteiger partial charge < -0.3 is 14.7 Å². The van der Waals surface area contributed by atoms with Crippen LogP contribution in [0.25, 0.3) is 11.4 Å². The Hall–Kier alpha value is -2.74. The zero-order chi connectivity index (χ0) is 18.6. The van der Waals surface area contributed by atoms with Crippen molar-refractivity contribution in [2.75, 3.05) is 6.54 Å². The first kappa shape index (κ1) is 17.7. The van der Waals surface area contributed by atoms with Crippen molar-refractivity contribution >= 4 is 17.4 Å². The number of amides is 2. The van der Waals surface area contributed by atoms with Gasteiger partial charge in [-0.3, -0.25) is 4.98 Å². The van der Waals surface area contributed by atoms with Crippen LogP contribution in [0.4, 0.5) is 4.79 Å². The number of thiophene rings is 1. The number of hydrogen-bond acceptors (Lipinski definition) is 6. The van der Waals surface area contributed by atoms with E-state index in [-0.39, 0.29) is 6.03 Å². The zero-order valence-corrected chi connectivity index (χ0v) is 15.9. The van der Waals surface area contributed by atoms with Crippen LogP contribution in [-0.4, -0.2) is 38.6 Å². The molecular formula is C19H21N5O2S. The molecule has 0 unspecified atom stereocenters. The zero-order valence-electron chi connectivity index (χ0n) is 15.1. The second-order valence-corrected chi connectivity index (χ2v) is 7.62. The molecule has 3 heterocycles. The van der Waals surface area contributed by atoms with Crippen LogP contribution in [-0.2, 0) is 13.0 Å². The molecule has 7 nitrogen and oxygen atoms in total. The number of rotatable bonds is 7. The van der Waals surface area contributed by atoms with Crippen molar-refractivity contribution in [1.29, 1.82) is 0 Å². The van der Waals surface area contributed by atoms with Crippen molar-refractivity contribution in [2.24, 2.45) is 0 Å². The van der Waals surface area contributed by atoms with E-state index >= 15 is 0 Å². The highest BCUT2D eigenvalue weighted by atomic mass is 32.1. The minimum Gasteiger partial charge on any atom is -0.339 e. The largest absolute Gasteiger partial charge is 0.339 e. The standard InChI is InChI=1S/C19H21N5O2S/c1-13-7-10-27-16(13)12-24(15-4-5-15)19(25)21-9-6-17-22-18(23-26-17)14-3-2-8-20-11-14/h2-3,7-8,10-11,15H,4-6,9,12H2,1H3,(H,21,25). The van der Waals surface area contributed by atoms with E-state index in [0.717, 1.165) is 18.4 Å². The van der Waals surface area contributed by atoms with E-state index < -0.39 is 0 Å². The van der Waals surface area contributed by atoms with Gasteiger partial charge in [0.2, 0.25) is 11.7 Å². The summed E-state index contributed by atoms with van der Waals surface area (Å²) in [4.78, 5) is 24.2. The van der Waals surface area contributed by atoms with Crippen LogP contribution in [0.15, 0.2) is 40.5 Å². The second kappa shape index (κ2) is 7.87. The van der Waals surface area contributed by atoms with E-state index in [2.05, 4.69) is 38.8 Å². The summed E-state index contributed by atoms with van der Waals surface area (Å²) < 4.78 is 5.27. The van der Waals surface area contributed by atoms with Gasteiger partial charge in [-0.1, -0.05) is 5.16 Å². The van der Waals surface area contributed by atoms with Crippen molar-refractivity contribution in [3.05, 3.63) is 52.3 Å². The van der Waals surface area contributed by atoms with E-state index in [9.17, 15) is 4.79 Å². The fourth-order valence-electron chi connectivity index (χ4n) is 2.82. The minimum absolute atomic E-state index is 0.0303. The maximum atomic E-state index is 12.6. The van der Waals surface area contributed by atoms with Crippen molar-refractivity contribution in [3.8, 4) is 11.4 Å². The lowest BCUT2D eigenvalue weighted by Gasteiger charge is -2.22. The van der Waals surface area contributed by atoms with Gasteiger partial charge in [0.1, 0.15) is 0 Å². The van der Waals surface area contributed by atoms with Crippen molar-refractivity contribution in [2.45, 2.75) is 38.8 Å². The lowest BCUT2D eigenvalue weighted by atomic mass is 10.3. The van der Waals surface area contributed by atoms with Gasteiger partial charge in [-0.05, 0) is 48.9 Å². The minimum atomic E-state index is -0.0303. The summed E-state index contributed by atoms with van der Waals surface area (Å²) in [5.41, 5.74) is 2.05. The lowest BCUT2D eigenvalue weighted by Crippen LogP contribution is -2.41. The molecule has 1 aliphatic carbocycles. The number of pyridine rings is 1. The van der Waals surface area contributed by atoms with Crippen LogP contribution >= 0.6 is 11.3 Å². The Kier molecular flexibility index (Phi) is 5.15. The first-order valence-electron chi connectivity index (χ1n) is 9.01. The molecule has 0 bridgehead atoms. The molecule has 0 atom stereocenters. The van der Waals surface area contributed by atoms with Gasteiger partial charge in [-0.2, -0.15) is 4.98 Å². The first-order chi connectivity index (χ1) is 13.2. The van der Waals surface area contributed by atoms with E-state index in [1.807, 2.05) is 17.0 Å². The van der Waals surface area contributed by atoms with Crippen molar-refractivity contribution in [1.82, 2.24) is 25.3 Å². The molecule has 1 aliphatic rings. The van der Waals surface area contributed by atoms with Gasteiger partial charge in [-0.15, -0.1) is 11.3 Å². The molecule has 8 heteroatoms. The molecule has 27 heavy (non-hydrogen) atoms. The molecular weight excluding hydrogens is 362 g/mol. The summed E-state index contributed by atoms with van der Waals surface area (Å²) in [6.45, 7) is 3.22. The van der Waals surface area contributed by atoms with E-state index in [1.165, 1.54) is 10.4 Å². The van der Waals surface area contributed by atoms with Gasteiger partial charge in [0, 0.05) is 41.8 Å². The quantitative estimate of drug-likeness (QED) is 0.676. The topological polar surface area (TPSA) is 84.2 Å².